The summed E-state index contributed by atoms with van der Waals surface area (Å²) in [5, 5.41) is 5.61. The van der Waals surface area contributed by atoms with Crippen LogP contribution in [0, 0.1) is 0 Å². The SMILES string of the molecule is O=C(NCc1ccc[nH]1)c1csc(Cc2ccccc2)n1. The molecule has 3 aromatic rings. The molecule has 3 rings (SSSR count). The number of benzene rings is 1. The summed E-state index contributed by atoms with van der Waals surface area (Å²) in [6.45, 7) is 0.484. The van der Waals surface area contributed by atoms with Crippen molar-refractivity contribution < 1.29 is 4.79 Å². The van der Waals surface area contributed by atoms with Gasteiger partial charge in [0.1, 0.15) is 5.69 Å². The third kappa shape index (κ3) is 3.58. The molecule has 1 amide bonds. The van der Waals surface area contributed by atoms with Crippen molar-refractivity contribution in [3.63, 3.8) is 0 Å². The van der Waals surface area contributed by atoms with Crippen molar-refractivity contribution >= 4 is 17.2 Å². The zero-order chi connectivity index (χ0) is 14.5. The molecule has 0 aliphatic rings. The summed E-state index contributed by atoms with van der Waals surface area (Å²) in [7, 11) is 0. The fourth-order valence-corrected chi connectivity index (χ4v) is 2.82. The molecule has 21 heavy (non-hydrogen) atoms. The van der Waals surface area contributed by atoms with Crippen molar-refractivity contribution in [3.8, 4) is 0 Å². The van der Waals surface area contributed by atoms with Gasteiger partial charge < -0.3 is 10.3 Å². The number of amides is 1. The molecule has 2 aromatic heterocycles. The van der Waals surface area contributed by atoms with Gasteiger partial charge in [-0.2, -0.15) is 0 Å². The highest BCUT2D eigenvalue weighted by atomic mass is 32.1. The lowest BCUT2D eigenvalue weighted by Gasteiger charge is -2.01. The summed E-state index contributed by atoms with van der Waals surface area (Å²) < 4.78 is 0. The Bertz CT molecular complexity index is 704. The van der Waals surface area contributed by atoms with Crippen LogP contribution in [-0.2, 0) is 13.0 Å². The maximum Gasteiger partial charge on any atom is 0.271 e. The smallest absolute Gasteiger partial charge is 0.271 e. The van der Waals surface area contributed by atoms with Gasteiger partial charge in [0.05, 0.1) is 11.6 Å². The minimum absolute atomic E-state index is 0.139. The molecule has 0 saturated carbocycles. The quantitative estimate of drug-likeness (QED) is 0.760. The van der Waals surface area contributed by atoms with Crippen LogP contribution in [0.2, 0.25) is 0 Å². The molecule has 5 heteroatoms. The lowest BCUT2D eigenvalue weighted by Crippen LogP contribution is -2.23. The van der Waals surface area contributed by atoms with Crippen LogP contribution in [0.4, 0.5) is 0 Å². The summed E-state index contributed by atoms with van der Waals surface area (Å²) in [5.41, 5.74) is 2.66. The summed E-state index contributed by atoms with van der Waals surface area (Å²) in [5.74, 6) is -0.139. The number of carbonyl (C=O) groups is 1. The van der Waals surface area contributed by atoms with Gasteiger partial charge in [0.25, 0.3) is 5.91 Å². The Kier molecular flexibility index (Phi) is 4.12. The van der Waals surface area contributed by atoms with E-state index in [2.05, 4.69) is 27.4 Å². The summed E-state index contributed by atoms with van der Waals surface area (Å²) in [4.78, 5) is 19.5. The van der Waals surface area contributed by atoms with Gasteiger partial charge in [0.15, 0.2) is 0 Å². The van der Waals surface area contributed by atoms with Gasteiger partial charge in [-0.1, -0.05) is 30.3 Å². The Balaban J connectivity index is 1.60. The minimum atomic E-state index is -0.139. The number of hydrogen-bond acceptors (Lipinski definition) is 3. The van der Waals surface area contributed by atoms with Gasteiger partial charge in [-0.3, -0.25) is 4.79 Å². The number of rotatable bonds is 5. The van der Waals surface area contributed by atoms with E-state index in [0.29, 0.717) is 12.2 Å². The van der Waals surface area contributed by atoms with E-state index in [0.717, 1.165) is 17.1 Å². The maximum absolute atomic E-state index is 12.0. The minimum Gasteiger partial charge on any atom is -0.364 e. The van der Waals surface area contributed by atoms with Gasteiger partial charge in [-0.05, 0) is 17.7 Å². The van der Waals surface area contributed by atoms with E-state index < -0.39 is 0 Å². The molecular weight excluding hydrogens is 282 g/mol. The molecule has 2 heterocycles. The topological polar surface area (TPSA) is 57.8 Å². The monoisotopic (exact) mass is 297 g/mol. The van der Waals surface area contributed by atoms with Crippen LogP contribution >= 0.6 is 11.3 Å². The second-order valence-corrected chi connectivity index (χ2v) is 5.61. The Morgan fingerprint density at radius 1 is 1.19 bits per heavy atom. The lowest BCUT2D eigenvalue weighted by molar-refractivity contribution is 0.0946. The van der Waals surface area contributed by atoms with E-state index in [1.165, 1.54) is 16.9 Å². The van der Waals surface area contributed by atoms with Crippen molar-refractivity contribution in [2.24, 2.45) is 0 Å². The first-order valence-corrected chi connectivity index (χ1v) is 7.58. The number of aromatic nitrogens is 2. The van der Waals surface area contributed by atoms with E-state index in [4.69, 9.17) is 0 Å². The average molecular weight is 297 g/mol. The first-order chi connectivity index (χ1) is 10.3. The zero-order valence-corrected chi connectivity index (χ0v) is 12.2. The molecule has 2 N–H and O–H groups in total. The van der Waals surface area contributed by atoms with Crippen molar-refractivity contribution in [1.29, 1.82) is 0 Å². The molecule has 0 spiro atoms. The summed E-state index contributed by atoms with van der Waals surface area (Å²) in [6, 6.07) is 14.0. The number of aromatic amines is 1. The summed E-state index contributed by atoms with van der Waals surface area (Å²) >= 11 is 1.52. The highest BCUT2D eigenvalue weighted by Gasteiger charge is 2.10. The lowest BCUT2D eigenvalue weighted by atomic mass is 10.2. The van der Waals surface area contributed by atoms with Crippen LogP contribution in [0.15, 0.2) is 54.0 Å². The van der Waals surface area contributed by atoms with Crippen molar-refractivity contribution in [3.05, 3.63) is 76.0 Å². The first kappa shape index (κ1) is 13.6. The van der Waals surface area contributed by atoms with Crippen LogP contribution in [0.1, 0.15) is 26.8 Å². The maximum atomic E-state index is 12.0. The highest BCUT2D eigenvalue weighted by molar-refractivity contribution is 7.09. The number of hydrogen-bond donors (Lipinski definition) is 2. The number of nitrogens with one attached hydrogen (secondary N) is 2. The molecular formula is C16H15N3OS. The standard InChI is InChI=1S/C16H15N3OS/c20-16(18-10-13-7-4-8-17-13)14-11-21-15(19-14)9-12-5-2-1-3-6-12/h1-8,11,17H,9-10H2,(H,18,20). The molecule has 1 aromatic carbocycles. The van der Waals surface area contributed by atoms with Crippen molar-refractivity contribution in [2.75, 3.05) is 0 Å². The molecule has 0 radical (unpaired) electrons. The first-order valence-electron chi connectivity index (χ1n) is 6.70. The van der Waals surface area contributed by atoms with Gasteiger partial charge in [0.2, 0.25) is 0 Å². The van der Waals surface area contributed by atoms with E-state index >= 15 is 0 Å². The fraction of sp³-hybridized carbons (Fsp3) is 0.125. The highest BCUT2D eigenvalue weighted by Crippen LogP contribution is 2.14. The normalized spacial score (nSPS) is 10.5. The van der Waals surface area contributed by atoms with Gasteiger partial charge in [-0.25, -0.2) is 4.98 Å². The molecule has 0 atom stereocenters. The Morgan fingerprint density at radius 2 is 2.05 bits per heavy atom. The van der Waals surface area contributed by atoms with Crippen molar-refractivity contribution in [1.82, 2.24) is 15.3 Å². The zero-order valence-electron chi connectivity index (χ0n) is 11.4. The predicted octanol–water partition coefficient (Wildman–Crippen LogP) is 2.99. The van der Waals surface area contributed by atoms with Crippen LogP contribution in [-0.4, -0.2) is 15.9 Å². The molecule has 0 aliphatic heterocycles. The second kappa shape index (κ2) is 6.37. The molecule has 106 valence electrons. The molecule has 0 unspecified atom stereocenters. The van der Waals surface area contributed by atoms with Crippen LogP contribution in [0.25, 0.3) is 0 Å². The van der Waals surface area contributed by atoms with Crippen LogP contribution < -0.4 is 5.32 Å². The Hall–Kier alpha value is -2.40. The number of nitrogens with zero attached hydrogens (tertiary/aromatic N) is 1. The number of thiazole rings is 1. The average Bonchev–Trinajstić information content (AvgIpc) is 3.17. The molecule has 0 bridgehead atoms. The van der Waals surface area contributed by atoms with Crippen LogP contribution in [0.5, 0.6) is 0 Å². The third-order valence-corrected chi connectivity index (χ3v) is 3.93. The van der Waals surface area contributed by atoms with Crippen LogP contribution in [0.3, 0.4) is 0 Å². The van der Waals surface area contributed by atoms with Gasteiger partial charge in [-0.15, -0.1) is 11.3 Å². The molecule has 0 saturated heterocycles. The largest absolute Gasteiger partial charge is 0.364 e. The fourth-order valence-electron chi connectivity index (χ4n) is 2.01. The van der Waals surface area contributed by atoms with Crippen molar-refractivity contribution in [2.45, 2.75) is 13.0 Å². The third-order valence-electron chi connectivity index (χ3n) is 3.08. The van der Waals surface area contributed by atoms with E-state index in [9.17, 15) is 4.79 Å². The van der Waals surface area contributed by atoms with E-state index in [1.54, 1.807) is 0 Å². The Labute approximate surface area is 126 Å². The molecule has 4 nitrogen and oxygen atoms in total. The predicted molar refractivity (Wildman–Crippen MR) is 83.3 cm³/mol. The Morgan fingerprint density at radius 3 is 2.81 bits per heavy atom. The van der Waals surface area contributed by atoms with E-state index in [-0.39, 0.29) is 5.91 Å². The molecule has 0 fully saturated rings. The van der Waals surface area contributed by atoms with Gasteiger partial charge in [0, 0.05) is 23.7 Å². The number of H-pyrrole nitrogens is 1. The molecule has 0 aliphatic carbocycles. The van der Waals surface area contributed by atoms with Gasteiger partial charge >= 0.3 is 0 Å². The summed E-state index contributed by atoms with van der Waals surface area (Å²) in [6.07, 6.45) is 2.59. The number of carbonyl (C=O) groups excluding carboxylic acids is 1. The second-order valence-electron chi connectivity index (χ2n) is 4.67. The van der Waals surface area contributed by atoms with E-state index in [1.807, 2.05) is 41.9 Å².